The molecule has 2 amide bonds. The molecule has 1 fully saturated rings. The van der Waals surface area contributed by atoms with Crippen LogP contribution in [0.1, 0.15) is 36.9 Å². The Labute approximate surface area is 147 Å². The molecule has 2 aliphatic heterocycles. The van der Waals surface area contributed by atoms with E-state index in [1.165, 1.54) is 0 Å². The van der Waals surface area contributed by atoms with Crippen molar-refractivity contribution in [1.29, 1.82) is 0 Å². The maximum Gasteiger partial charge on any atom is 0.318 e. The van der Waals surface area contributed by atoms with Gasteiger partial charge in [-0.3, -0.25) is 0 Å². The molecule has 2 aromatic heterocycles. The lowest BCUT2D eigenvalue weighted by Crippen LogP contribution is -2.44. The van der Waals surface area contributed by atoms with Crippen molar-refractivity contribution in [2.45, 2.75) is 45.3 Å². The molecule has 0 radical (unpaired) electrons. The maximum atomic E-state index is 12.7. The molecule has 2 aliphatic rings. The molecule has 4 rings (SSSR count). The van der Waals surface area contributed by atoms with Gasteiger partial charge in [-0.1, -0.05) is 13.0 Å². The van der Waals surface area contributed by atoms with E-state index in [9.17, 15) is 4.79 Å². The van der Waals surface area contributed by atoms with Crippen LogP contribution in [0.5, 0.6) is 0 Å². The van der Waals surface area contributed by atoms with Crippen LogP contribution in [0.3, 0.4) is 0 Å². The number of oxazole rings is 1. The van der Waals surface area contributed by atoms with E-state index in [0.29, 0.717) is 25.0 Å². The van der Waals surface area contributed by atoms with Crippen molar-refractivity contribution in [3.8, 4) is 0 Å². The van der Waals surface area contributed by atoms with E-state index in [0.717, 1.165) is 49.4 Å². The van der Waals surface area contributed by atoms with Gasteiger partial charge in [0.25, 0.3) is 0 Å². The monoisotopic (exact) mass is 341 g/mol. The van der Waals surface area contributed by atoms with Gasteiger partial charge < -0.3 is 19.5 Å². The number of pyridine rings is 1. The van der Waals surface area contributed by atoms with Crippen LogP contribution in [0.2, 0.25) is 0 Å². The van der Waals surface area contributed by atoms with Gasteiger partial charge in [-0.25, -0.2) is 14.8 Å². The van der Waals surface area contributed by atoms with Crippen LogP contribution in [0.25, 0.3) is 0 Å². The van der Waals surface area contributed by atoms with E-state index in [1.54, 1.807) is 6.26 Å². The molecule has 132 valence electrons. The highest BCUT2D eigenvalue weighted by molar-refractivity contribution is 5.75. The first-order valence-corrected chi connectivity index (χ1v) is 8.91. The topological polar surface area (TPSA) is 74.5 Å². The Bertz CT molecular complexity index is 759. The van der Waals surface area contributed by atoms with Crippen LogP contribution in [0.15, 0.2) is 29.0 Å². The second-order valence-electron chi connectivity index (χ2n) is 6.60. The number of urea groups is 1. The van der Waals surface area contributed by atoms with Gasteiger partial charge in [-0.2, -0.15) is 0 Å². The largest absolute Gasteiger partial charge is 0.449 e. The Morgan fingerprint density at radius 1 is 1.48 bits per heavy atom. The van der Waals surface area contributed by atoms with Gasteiger partial charge in [0.1, 0.15) is 12.1 Å². The van der Waals surface area contributed by atoms with Crippen molar-refractivity contribution in [2.75, 3.05) is 18.0 Å². The summed E-state index contributed by atoms with van der Waals surface area (Å²) in [4.78, 5) is 25.9. The number of carbonyl (C=O) groups is 1. The molecule has 7 nitrogen and oxygen atoms in total. The zero-order chi connectivity index (χ0) is 17.2. The lowest BCUT2D eigenvalue weighted by Gasteiger charge is -2.26. The summed E-state index contributed by atoms with van der Waals surface area (Å²) in [6.07, 6.45) is 6.44. The molecule has 0 bridgehead atoms. The first-order valence-electron chi connectivity index (χ1n) is 8.91. The summed E-state index contributed by atoms with van der Waals surface area (Å²) in [7, 11) is 0. The highest BCUT2D eigenvalue weighted by atomic mass is 16.3. The fourth-order valence-corrected chi connectivity index (χ4v) is 3.67. The summed E-state index contributed by atoms with van der Waals surface area (Å²) in [5.74, 6) is 1.73. The average Bonchev–Trinajstić information content (AvgIpc) is 3.26. The smallest absolute Gasteiger partial charge is 0.318 e. The number of nitrogens with zero attached hydrogens (tertiary/aromatic N) is 4. The molecule has 1 saturated heterocycles. The Balaban J connectivity index is 1.47. The zero-order valence-corrected chi connectivity index (χ0v) is 14.4. The number of nitrogens with one attached hydrogen (secondary N) is 1. The molecular weight excluding hydrogens is 318 g/mol. The highest BCUT2D eigenvalue weighted by Gasteiger charge is 2.33. The summed E-state index contributed by atoms with van der Waals surface area (Å²) in [5.41, 5.74) is 1.86. The number of rotatable bonds is 3. The maximum absolute atomic E-state index is 12.7. The summed E-state index contributed by atoms with van der Waals surface area (Å²) in [6.45, 7) is 4.70. The minimum Gasteiger partial charge on any atom is -0.449 e. The molecule has 0 aromatic carbocycles. The van der Waals surface area contributed by atoms with Crippen LogP contribution in [0, 0.1) is 0 Å². The average molecular weight is 341 g/mol. The third-order valence-corrected chi connectivity index (χ3v) is 4.92. The summed E-state index contributed by atoms with van der Waals surface area (Å²) in [6, 6.07) is 4.28. The van der Waals surface area contributed by atoms with Gasteiger partial charge in [0.15, 0.2) is 5.89 Å². The van der Waals surface area contributed by atoms with Crippen LogP contribution >= 0.6 is 0 Å². The Hall–Kier alpha value is -2.57. The minimum absolute atomic E-state index is 0.0652. The summed E-state index contributed by atoms with van der Waals surface area (Å²) < 4.78 is 5.32. The van der Waals surface area contributed by atoms with E-state index >= 15 is 0 Å². The molecule has 0 spiro atoms. The molecule has 1 N–H and O–H groups in total. The second kappa shape index (κ2) is 6.74. The number of aromatic nitrogens is 2. The van der Waals surface area contributed by atoms with E-state index in [-0.39, 0.29) is 6.03 Å². The molecule has 4 heterocycles. The first kappa shape index (κ1) is 15.9. The van der Waals surface area contributed by atoms with Crippen molar-refractivity contribution >= 4 is 11.8 Å². The number of carbonyl (C=O) groups excluding carboxylic acids is 1. The molecule has 0 aliphatic carbocycles. The molecule has 0 saturated carbocycles. The molecular formula is C18H23N5O2. The van der Waals surface area contributed by atoms with Crippen molar-refractivity contribution in [1.82, 2.24) is 20.2 Å². The van der Waals surface area contributed by atoms with Gasteiger partial charge in [0, 0.05) is 37.3 Å². The van der Waals surface area contributed by atoms with E-state index in [4.69, 9.17) is 4.42 Å². The predicted molar refractivity (Wildman–Crippen MR) is 93.1 cm³/mol. The van der Waals surface area contributed by atoms with Crippen molar-refractivity contribution in [3.05, 3.63) is 41.7 Å². The number of hydrogen-bond acceptors (Lipinski definition) is 5. The van der Waals surface area contributed by atoms with Crippen LogP contribution in [0.4, 0.5) is 10.6 Å². The standard InChI is InChI=1S/C18H23N5O2/c1-2-16-21-14(12-25-16)9-20-18(24)22-10-13-5-3-7-19-17(13)23-8-4-6-15(23)11-22/h3,5,7,12,15H,2,4,6,8-11H2,1H3,(H,20,24)/t15-/m1/s1. The molecule has 7 heteroatoms. The van der Waals surface area contributed by atoms with Crippen LogP contribution < -0.4 is 10.2 Å². The van der Waals surface area contributed by atoms with Gasteiger partial charge in [-0.05, 0) is 18.9 Å². The zero-order valence-electron chi connectivity index (χ0n) is 14.4. The molecule has 2 aromatic rings. The lowest BCUT2D eigenvalue weighted by atomic mass is 10.2. The second-order valence-corrected chi connectivity index (χ2v) is 6.60. The predicted octanol–water partition coefficient (Wildman–Crippen LogP) is 2.33. The Morgan fingerprint density at radius 2 is 2.40 bits per heavy atom. The number of anilines is 1. The summed E-state index contributed by atoms with van der Waals surface area (Å²) in [5, 5.41) is 2.97. The van der Waals surface area contributed by atoms with Crippen molar-refractivity contribution in [2.24, 2.45) is 0 Å². The highest BCUT2D eigenvalue weighted by Crippen LogP contribution is 2.31. The molecule has 25 heavy (non-hydrogen) atoms. The van der Waals surface area contributed by atoms with Crippen LogP contribution in [-0.4, -0.2) is 40.0 Å². The SMILES string of the molecule is CCc1nc(CNC(=O)N2Cc3cccnc3N3CCC[C@@H]3C2)co1. The normalized spacial score (nSPS) is 19.3. The quantitative estimate of drug-likeness (QED) is 0.927. The van der Waals surface area contributed by atoms with E-state index < -0.39 is 0 Å². The minimum atomic E-state index is -0.0652. The van der Waals surface area contributed by atoms with Crippen molar-refractivity contribution < 1.29 is 9.21 Å². The first-order chi connectivity index (χ1) is 12.2. The number of hydrogen-bond donors (Lipinski definition) is 1. The fourth-order valence-electron chi connectivity index (χ4n) is 3.67. The van der Waals surface area contributed by atoms with Crippen molar-refractivity contribution in [3.63, 3.8) is 0 Å². The third-order valence-electron chi connectivity index (χ3n) is 4.92. The van der Waals surface area contributed by atoms with Gasteiger partial charge in [-0.15, -0.1) is 0 Å². The number of amides is 2. The molecule has 1 atom stereocenters. The van der Waals surface area contributed by atoms with Crippen LogP contribution in [-0.2, 0) is 19.5 Å². The number of aryl methyl sites for hydroxylation is 1. The number of fused-ring (bicyclic) bond motifs is 3. The Kier molecular flexibility index (Phi) is 4.29. The van der Waals surface area contributed by atoms with Gasteiger partial charge >= 0.3 is 6.03 Å². The van der Waals surface area contributed by atoms with Gasteiger partial charge in [0.05, 0.1) is 18.8 Å². The van der Waals surface area contributed by atoms with E-state index in [1.807, 2.05) is 24.1 Å². The van der Waals surface area contributed by atoms with E-state index in [2.05, 4.69) is 26.3 Å². The Morgan fingerprint density at radius 3 is 3.24 bits per heavy atom. The lowest BCUT2D eigenvalue weighted by molar-refractivity contribution is 0.192. The fraction of sp³-hybridized carbons (Fsp3) is 0.500. The summed E-state index contributed by atoms with van der Waals surface area (Å²) >= 11 is 0. The van der Waals surface area contributed by atoms with Gasteiger partial charge in [0.2, 0.25) is 0 Å². The molecule has 0 unspecified atom stereocenters. The third kappa shape index (κ3) is 3.18.